The maximum absolute atomic E-state index is 12.3. The smallest absolute Gasteiger partial charge is 0.323 e. The number of methoxy groups -OCH3 is 1. The number of hydrogen-bond donors (Lipinski definition) is 3. The third-order valence-electron chi connectivity index (χ3n) is 5.18. The fourth-order valence-electron chi connectivity index (χ4n) is 3.53. The van der Waals surface area contributed by atoms with Crippen LogP contribution < -0.4 is 20.5 Å². The third-order valence-corrected chi connectivity index (χ3v) is 5.18. The van der Waals surface area contributed by atoms with Crippen LogP contribution in [0.4, 0.5) is 0 Å². The van der Waals surface area contributed by atoms with E-state index in [-0.39, 0.29) is 18.2 Å². The van der Waals surface area contributed by atoms with E-state index in [4.69, 9.17) is 14.2 Å². The Balaban J connectivity index is 1.31. The van der Waals surface area contributed by atoms with Gasteiger partial charge < -0.3 is 34.4 Å². The quantitative estimate of drug-likeness (QED) is 0.502. The number of H-pyrrole nitrogens is 2. The Bertz CT molecular complexity index is 1100. The Morgan fingerprint density at radius 3 is 2.52 bits per heavy atom. The van der Waals surface area contributed by atoms with E-state index in [0.717, 1.165) is 22.2 Å². The number of morpholine rings is 1. The minimum atomic E-state index is -0.207. The van der Waals surface area contributed by atoms with Gasteiger partial charge in [-0.15, -0.1) is 0 Å². The van der Waals surface area contributed by atoms with Gasteiger partial charge >= 0.3 is 5.69 Å². The van der Waals surface area contributed by atoms with Crippen molar-refractivity contribution < 1.29 is 19.0 Å². The summed E-state index contributed by atoms with van der Waals surface area (Å²) in [6, 6.07) is 11.5. The molecule has 0 atom stereocenters. The van der Waals surface area contributed by atoms with Crippen LogP contribution in [0.15, 0.2) is 41.2 Å². The number of nitrogens with zero attached hydrogens (tertiary/aromatic N) is 1. The Morgan fingerprint density at radius 2 is 1.74 bits per heavy atom. The number of imidazole rings is 1. The van der Waals surface area contributed by atoms with E-state index < -0.39 is 0 Å². The number of carbonyl (C=O) groups is 1. The van der Waals surface area contributed by atoms with Crippen LogP contribution in [-0.2, 0) is 22.6 Å². The van der Waals surface area contributed by atoms with Crippen molar-refractivity contribution in [2.75, 3.05) is 40.0 Å². The zero-order valence-electron chi connectivity index (χ0n) is 17.4. The van der Waals surface area contributed by atoms with Crippen LogP contribution in [-0.4, -0.2) is 60.8 Å². The number of aromatic nitrogens is 2. The van der Waals surface area contributed by atoms with Crippen LogP contribution in [0.5, 0.6) is 11.5 Å². The number of amides is 1. The molecule has 1 aliphatic rings. The van der Waals surface area contributed by atoms with E-state index >= 15 is 0 Å². The van der Waals surface area contributed by atoms with Gasteiger partial charge in [0.2, 0.25) is 0 Å². The lowest BCUT2D eigenvalue weighted by Gasteiger charge is -2.26. The molecule has 0 bridgehead atoms. The second-order valence-corrected chi connectivity index (χ2v) is 7.33. The summed E-state index contributed by atoms with van der Waals surface area (Å²) in [6.45, 7) is 3.57. The summed E-state index contributed by atoms with van der Waals surface area (Å²) in [4.78, 5) is 30.9. The number of aromatic amines is 2. The molecule has 0 saturated carbocycles. The van der Waals surface area contributed by atoms with Crippen molar-refractivity contribution in [1.29, 1.82) is 0 Å². The van der Waals surface area contributed by atoms with Crippen LogP contribution >= 0.6 is 0 Å². The summed E-state index contributed by atoms with van der Waals surface area (Å²) in [6.07, 6.45) is 0. The van der Waals surface area contributed by atoms with E-state index in [9.17, 15) is 9.59 Å². The molecule has 1 aliphatic heterocycles. The van der Waals surface area contributed by atoms with E-state index in [1.54, 1.807) is 12.0 Å². The highest BCUT2D eigenvalue weighted by atomic mass is 16.5. The van der Waals surface area contributed by atoms with Crippen LogP contribution in [0, 0.1) is 0 Å². The summed E-state index contributed by atoms with van der Waals surface area (Å²) in [5.41, 5.74) is 3.47. The fourth-order valence-corrected chi connectivity index (χ4v) is 3.53. The fraction of sp³-hybridized carbons (Fsp3) is 0.364. The molecule has 2 heterocycles. The SMILES string of the molecule is COc1cc(CNCc2ccc3[nH]c(=O)[nH]c3c2)ccc1OCC(=O)N1CCOCC1. The molecule has 3 aromatic rings. The summed E-state index contributed by atoms with van der Waals surface area (Å²) in [7, 11) is 1.58. The van der Waals surface area contributed by atoms with Crippen molar-refractivity contribution in [3.8, 4) is 11.5 Å². The van der Waals surface area contributed by atoms with Crippen molar-refractivity contribution in [2.24, 2.45) is 0 Å². The molecule has 164 valence electrons. The van der Waals surface area contributed by atoms with Crippen LogP contribution in [0.1, 0.15) is 11.1 Å². The molecule has 1 aromatic heterocycles. The average molecular weight is 426 g/mol. The van der Waals surface area contributed by atoms with Gasteiger partial charge in [0, 0.05) is 26.2 Å². The monoisotopic (exact) mass is 426 g/mol. The van der Waals surface area contributed by atoms with Crippen LogP contribution in [0.25, 0.3) is 11.0 Å². The second kappa shape index (κ2) is 9.67. The van der Waals surface area contributed by atoms with Crippen molar-refractivity contribution in [1.82, 2.24) is 20.2 Å². The zero-order chi connectivity index (χ0) is 21.6. The highest BCUT2D eigenvalue weighted by molar-refractivity contribution is 5.78. The molecule has 2 aromatic carbocycles. The van der Waals surface area contributed by atoms with Gasteiger partial charge in [-0.25, -0.2) is 4.79 Å². The van der Waals surface area contributed by atoms with Gasteiger partial charge in [0.15, 0.2) is 18.1 Å². The molecule has 9 heteroatoms. The molecule has 0 aliphatic carbocycles. The maximum Gasteiger partial charge on any atom is 0.323 e. The Kier molecular flexibility index (Phi) is 6.54. The first-order chi connectivity index (χ1) is 15.1. The van der Waals surface area contributed by atoms with Crippen LogP contribution in [0.3, 0.4) is 0 Å². The molecule has 1 saturated heterocycles. The second-order valence-electron chi connectivity index (χ2n) is 7.33. The number of rotatable bonds is 8. The molecular weight excluding hydrogens is 400 g/mol. The van der Waals surface area contributed by atoms with E-state index in [1.807, 2.05) is 36.4 Å². The number of hydrogen-bond acceptors (Lipinski definition) is 6. The normalized spacial score (nSPS) is 14.0. The van der Waals surface area contributed by atoms with Gasteiger partial charge in [-0.3, -0.25) is 4.79 Å². The minimum absolute atomic E-state index is 0.0301. The molecule has 1 amide bonds. The van der Waals surface area contributed by atoms with Crippen LogP contribution in [0.2, 0.25) is 0 Å². The van der Waals surface area contributed by atoms with Gasteiger partial charge in [0.25, 0.3) is 5.91 Å². The Labute approximate surface area is 179 Å². The van der Waals surface area contributed by atoms with Crippen molar-refractivity contribution >= 4 is 16.9 Å². The largest absolute Gasteiger partial charge is 0.493 e. The lowest BCUT2D eigenvalue weighted by Crippen LogP contribution is -2.43. The highest BCUT2D eigenvalue weighted by Gasteiger charge is 2.18. The van der Waals surface area contributed by atoms with Crippen molar-refractivity contribution in [3.05, 3.63) is 58.0 Å². The summed E-state index contributed by atoms with van der Waals surface area (Å²) in [5.74, 6) is 1.06. The molecule has 4 rings (SSSR count). The minimum Gasteiger partial charge on any atom is -0.493 e. The lowest BCUT2D eigenvalue weighted by molar-refractivity contribution is -0.137. The average Bonchev–Trinajstić information content (AvgIpc) is 3.17. The van der Waals surface area contributed by atoms with E-state index in [2.05, 4.69) is 15.3 Å². The standard InChI is InChI=1S/C22H26N4O5/c1-29-20-11-16(3-5-19(20)31-14-21(27)26-6-8-30-9-7-26)13-23-12-15-2-4-17-18(10-15)25-22(28)24-17/h2-5,10-11,23H,6-9,12-14H2,1H3,(H2,24,25,28). The number of fused-ring (bicyclic) bond motifs is 1. The molecule has 1 fully saturated rings. The molecular formula is C22H26N4O5. The number of nitrogens with one attached hydrogen (secondary N) is 3. The highest BCUT2D eigenvalue weighted by Crippen LogP contribution is 2.28. The molecule has 3 N–H and O–H groups in total. The van der Waals surface area contributed by atoms with Gasteiger partial charge in [-0.1, -0.05) is 12.1 Å². The van der Waals surface area contributed by atoms with Gasteiger partial charge in [-0.05, 0) is 35.4 Å². The summed E-state index contributed by atoms with van der Waals surface area (Å²) < 4.78 is 16.4. The molecule has 31 heavy (non-hydrogen) atoms. The third kappa shape index (κ3) is 5.25. The predicted octanol–water partition coefficient (Wildman–Crippen LogP) is 1.39. The van der Waals surface area contributed by atoms with Crippen molar-refractivity contribution in [2.45, 2.75) is 13.1 Å². The molecule has 0 radical (unpaired) electrons. The number of carbonyl (C=O) groups excluding carboxylic acids is 1. The molecule has 9 nitrogen and oxygen atoms in total. The molecule has 0 spiro atoms. The zero-order valence-corrected chi connectivity index (χ0v) is 17.4. The number of ether oxygens (including phenoxy) is 3. The summed E-state index contributed by atoms with van der Waals surface area (Å²) >= 11 is 0. The van der Waals surface area contributed by atoms with Gasteiger partial charge in [0.05, 0.1) is 31.4 Å². The Morgan fingerprint density at radius 1 is 1.03 bits per heavy atom. The predicted molar refractivity (Wildman–Crippen MR) is 115 cm³/mol. The van der Waals surface area contributed by atoms with Gasteiger partial charge in [0.1, 0.15) is 0 Å². The Hall–Kier alpha value is -3.30. The van der Waals surface area contributed by atoms with Gasteiger partial charge in [-0.2, -0.15) is 0 Å². The lowest BCUT2D eigenvalue weighted by atomic mass is 10.1. The topological polar surface area (TPSA) is 109 Å². The first kappa shape index (κ1) is 21.0. The number of benzene rings is 2. The van der Waals surface area contributed by atoms with Crippen molar-refractivity contribution in [3.63, 3.8) is 0 Å². The first-order valence-corrected chi connectivity index (χ1v) is 10.2. The first-order valence-electron chi connectivity index (χ1n) is 10.2. The molecule has 0 unspecified atom stereocenters. The summed E-state index contributed by atoms with van der Waals surface area (Å²) in [5, 5.41) is 3.38. The maximum atomic E-state index is 12.3. The van der Waals surface area contributed by atoms with E-state index in [0.29, 0.717) is 50.9 Å². The van der Waals surface area contributed by atoms with E-state index in [1.165, 1.54) is 0 Å².